The van der Waals surface area contributed by atoms with E-state index in [-0.39, 0.29) is 12.5 Å². The first-order valence-corrected chi connectivity index (χ1v) is 8.45. The first-order chi connectivity index (χ1) is 11.4. The summed E-state index contributed by atoms with van der Waals surface area (Å²) in [6.07, 6.45) is 0.301. The molecule has 0 bridgehead atoms. The van der Waals surface area contributed by atoms with Crippen molar-refractivity contribution in [1.29, 1.82) is 0 Å². The quantitative estimate of drug-likeness (QED) is 0.870. The summed E-state index contributed by atoms with van der Waals surface area (Å²) in [6, 6.07) is 6.76. The maximum Gasteiger partial charge on any atom is 0.326 e. The number of amides is 1. The molecule has 0 radical (unpaired) electrons. The Morgan fingerprint density at radius 3 is 2.75 bits per heavy atom. The standard InChI is InChI=1S/C17H18BrN3O3/c1-10-6-11(2)21(19-10)9-16(22)20-8-12-4-3-5-14(18)13(12)7-15(20)17(23)24/h3-6,15H,7-9H2,1-2H3,(H,23,24). The van der Waals surface area contributed by atoms with E-state index in [4.69, 9.17) is 0 Å². The largest absolute Gasteiger partial charge is 0.480 e. The lowest BCUT2D eigenvalue weighted by Crippen LogP contribution is -2.49. The minimum atomic E-state index is -0.988. The van der Waals surface area contributed by atoms with Gasteiger partial charge in [-0.2, -0.15) is 5.10 Å². The molecule has 1 N–H and O–H groups in total. The summed E-state index contributed by atoms with van der Waals surface area (Å²) in [6.45, 7) is 4.09. The predicted molar refractivity (Wildman–Crippen MR) is 91.5 cm³/mol. The van der Waals surface area contributed by atoms with E-state index in [0.29, 0.717) is 13.0 Å². The molecule has 1 aromatic carbocycles. The lowest BCUT2D eigenvalue weighted by Gasteiger charge is -2.35. The smallest absolute Gasteiger partial charge is 0.326 e. The van der Waals surface area contributed by atoms with E-state index < -0.39 is 12.0 Å². The molecule has 1 unspecified atom stereocenters. The van der Waals surface area contributed by atoms with Crippen molar-refractivity contribution in [3.8, 4) is 0 Å². The van der Waals surface area contributed by atoms with Gasteiger partial charge in [0.2, 0.25) is 5.91 Å². The number of hydrogen-bond donors (Lipinski definition) is 1. The number of carbonyl (C=O) groups is 2. The Morgan fingerprint density at radius 1 is 1.38 bits per heavy atom. The van der Waals surface area contributed by atoms with Crippen LogP contribution in [0.1, 0.15) is 22.5 Å². The molecule has 0 spiro atoms. The average molecular weight is 392 g/mol. The molecule has 1 aromatic heterocycles. The Morgan fingerprint density at radius 2 is 2.12 bits per heavy atom. The van der Waals surface area contributed by atoms with Gasteiger partial charge in [-0.15, -0.1) is 0 Å². The van der Waals surface area contributed by atoms with Gasteiger partial charge in [-0.05, 0) is 37.1 Å². The SMILES string of the molecule is Cc1cc(C)n(CC(=O)N2Cc3cccc(Br)c3CC2C(=O)O)n1. The zero-order valence-corrected chi connectivity index (χ0v) is 15.1. The van der Waals surface area contributed by atoms with Crippen LogP contribution in [0.4, 0.5) is 0 Å². The molecule has 0 aliphatic carbocycles. The van der Waals surface area contributed by atoms with Gasteiger partial charge in [-0.25, -0.2) is 4.79 Å². The second-order valence-corrected chi connectivity index (χ2v) is 6.90. The third kappa shape index (κ3) is 3.08. The van der Waals surface area contributed by atoms with Gasteiger partial charge in [0.1, 0.15) is 12.6 Å². The number of rotatable bonds is 3. The third-order valence-corrected chi connectivity index (χ3v) is 5.07. The molecule has 0 saturated carbocycles. The van der Waals surface area contributed by atoms with Crippen LogP contribution in [0.5, 0.6) is 0 Å². The van der Waals surface area contributed by atoms with Crippen LogP contribution in [0.25, 0.3) is 0 Å². The average Bonchev–Trinajstić information content (AvgIpc) is 2.84. The zero-order valence-electron chi connectivity index (χ0n) is 13.5. The highest BCUT2D eigenvalue weighted by Gasteiger charge is 2.35. The first-order valence-electron chi connectivity index (χ1n) is 7.66. The number of halogens is 1. The topological polar surface area (TPSA) is 75.4 Å². The summed E-state index contributed by atoms with van der Waals surface area (Å²) < 4.78 is 2.50. The van der Waals surface area contributed by atoms with Gasteiger partial charge in [0, 0.05) is 23.1 Å². The molecule has 3 rings (SSSR count). The van der Waals surface area contributed by atoms with E-state index in [1.807, 2.05) is 38.1 Å². The molecule has 1 aliphatic heterocycles. The number of hydrogen-bond acceptors (Lipinski definition) is 3. The van der Waals surface area contributed by atoms with Crippen LogP contribution in [0, 0.1) is 13.8 Å². The van der Waals surface area contributed by atoms with Gasteiger partial charge in [0.05, 0.1) is 5.69 Å². The fraction of sp³-hybridized carbons (Fsp3) is 0.353. The molecule has 1 aliphatic rings. The number of nitrogens with zero attached hydrogens (tertiary/aromatic N) is 3. The van der Waals surface area contributed by atoms with Crippen LogP contribution in [0.3, 0.4) is 0 Å². The summed E-state index contributed by atoms with van der Waals surface area (Å²) in [5.41, 5.74) is 3.65. The van der Waals surface area contributed by atoms with Gasteiger partial charge in [0.25, 0.3) is 0 Å². The molecule has 24 heavy (non-hydrogen) atoms. The second kappa shape index (κ2) is 6.39. The fourth-order valence-electron chi connectivity index (χ4n) is 3.11. The molecule has 0 fully saturated rings. The van der Waals surface area contributed by atoms with Crippen molar-refractivity contribution >= 4 is 27.8 Å². The lowest BCUT2D eigenvalue weighted by atomic mass is 9.94. The minimum Gasteiger partial charge on any atom is -0.480 e. The number of aryl methyl sites for hydroxylation is 2. The normalized spacial score (nSPS) is 16.8. The highest BCUT2D eigenvalue weighted by Crippen LogP contribution is 2.29. The number of carboxylic acids is 1. The van der Waals surface area contributed by atoms with E-state index in [2.05, 4.69) is 21.0 Å². The van der Waals surface area contributed by atoms with Crippen LogP contribution < -0.4 is 0 Å². The fourth-order valence-corrected chi connectivity index (χ4v) is 3.68. The number of carboxylic acid groups (broad SMARTS) is 1. The van der Waals surface area contributed by atoms with Gasteiger partial charge in [-0.1, -0.05) is 28.1 Å². The summed E-state index contributed by atoms with van der Waals surface area (Å²) in [4.78, 5) is 25.8. The molecule has 126 valence electrons. The van der Waals surface area contributed by atoms with Crippen molar-refractivity contribution in [3.63, 3.8) is 0 Å². The van der Waals surface area contributed by atoms with Crippen LogP contribution >= 0.6 is 15.9 Å². The van der Waals surface area contributed by atoms with Gasteiger partial charge in [0.15, 0.2) is 0 Å². The number of aliphatic carboxylic acids is 1. The summed E-state index contributed by atoms with van der Waals surface area (Å²) in [5, 5.41) is 13.9. The maximum absolute atomic E-state index is 12.7. The maximum atomic E-state index is 12.7. The van der Waals surface area contributed by atoms with Crippen molar-refractivity contribution in [2.75, 3.05) is 0 Å². The summed E-state index contributed by atoms with van der Waals surface area (Å²) in [7, 11) is 0. The Hall–Kier alpha value is -2.15. The third-order valence-electron chi connectivity index (χ3n) is 4.32. The Kier molecular flexibility index (Phi) is 4.45. The van der Waals surface area contributed by atoms with Crippen molar-refractivity contribution < 1.29 is 14.7 Å². The number of fused-ring (bicyclic) bond motifs is 1. The van der Waals surface area contributed by atoms with Gasteiger partial charge < -0.3 is 10.0 Å². The molecular weight excluding hydrogens is 374 g/mol. The van der Waals surface area contributed by atoms with Gasteiger partial charge in [-0.3, -0.25) is 9.48 Å². The number of aromatic nitrogens is 2. The first kappa shape index (κ1) is 16.7. The monoisotopic (exact) mass is 391 g/mol. The molecule has 2 heterocycles. The minimum absolute atomic E-state index is 0.0484. The molecule has 0 saturated heterocycles. The molecule has 6 nitrogen and oxygen atoms in total. The molecule has 1 amide bonds. The Balaban J connectivity index is 1.89. The number of benzene rings is 1. The van der Waals surface area contributed by atoms with E-state index >= 15 is 0 Å². The van der Waals surface area contributed by atoms with Crippen LogP contribution in [0.2, 0.25) is 0 Å². The number of carbonyl (C=O) groups excluding carboxylic acids is 1. The highest BCUT2D eigenvalue weighted by atomic mass is 79.9. The van der Waals surface area contributed by atoms with Gasteiger partial charge >= 0.3 is 5.97 Å². The predicted octanol–water partition coefficient (Wildman–Crippen LogP) is 2.30. The van der Waals surface area contributed by atoms with Crippen molar-refractivity contribution in [3.05, 3.63) is 51.3 Å². The Bertz CT molecular complexity index is 815. The lowest BCUT2D eigenvalue weighted by molar-refractivity contribution is -0.151. The van der Waals surface area contributed by atoms with E-state index in [1.165, 1.54) is 4.90 Å². The summed E-state index contributed by atoms with van der Waals surface area (Å²) >= 11 is 3.47. The Labute approximate surface area is 148 Å². The van der Waals surface area contributed by atoms with Crippen LogP contribution in [-0.2, 0) is 29.1 Å². The highest BCUT2D eigenvalue weighted by molar-refractivity contribution is 9.10. The van der Waals surface area contributed by atoms with Crippen molar-refractivity contribution in [2.45, 2.75) is 39.4 Å². The zero-order chi connectivity index (χ0) is 17.4. The van der Waals surface area contributed by atoms with E-state index in [0.717, 1.165) is 27.0 Å². The van der Waals surface area contributed by atoms with Crippen molar-refractivity contribution in [2.24, 2.45) is 0 Å². The van der Waals surface area contributed by atoms with Crippen LogP contribution in [0.15, 0.2) is 28.7 Å². The van der Waals surface area contributed by atoms with Crippen molar-refractivity contribution in [1.82, 2.24) is 14.7 Å². The van der Waals surface area contributed by atoms with E-state index in [1.54, 1.807) is 4.68 Å². The summed E-state index contributed by atoms with van der Waals surface area (Å²) in [5.74, 6) is -1.22. The van der Waals surface area contributed by atoms with E-state index in [9.17, 15) is 14.7 Å². The molecule has 7 heteroatoms. The second-order valence-electron chi connectivity index (χ2n) is 6.04. The molecule has 2 aromatic rings. The molecular formula is C17H18BrN3O3. The molecule has 1 atom stereocenters. The van der Waals surface area contributed by atoms with Crippen LogP contribution in [-0.4, -0.2) is 37.7 Å².